The summed E-state index contributed by atoms with van der Waals surface area (Å²) in [7, 11) is 1.36. The van der Waals surface area contributed by atoms with Crippen molar-refractivity contribution < 1.29 is 14.3 Å². The Hall–Kier alpha value is -2.28. The van der Waals surface area contributed by atoms with Crippen molar-refractivity contribution in [1.29, 1.82) is 0 Å². The summed E-state index contributed by atoms with van der Waals surface area (Å²) < 4.78 is 12.6. The standard InChI is InChI=1S/C19H25N3O3S/c1-6-11-22-18(20-21-19(22)26-12-17(23)24-5)14(4)25-16-9-7-15(8-10-16)13(2)3/h6-10,13-14H,1,11-12H2,2-5H3. The molecule has 0 bridgehead atoms. The van der Waals surface area contributed by atoms with Gasteiger partial charge in [-0.05, 0) is 30.5 Å². The molecule has 26 heavy (non-hydrogen) atoms. The molecule has 0 saturated carbocycles. The van der Waals surface area contributed by atoms with E-state index < -0.39 is 0 Å². The van der Waals surface area contributed by atoms with E-state index in [4.69, 9.17) is 4.74 Å². The molecule has 1 aromatic heterocycles. The zero-order valence-corrected chi connectivity index (χ0v) is 16.5. The monoisotopic (exact) mass is 375 g/mol. The third kappa shape index (κ3) is 5.11. The van der Waals surface area contributed by atoms with Gasteiger partial charge in [0.15, 0.2) is 17.1 Å². The van der Waals surface area contributed by atoms with Crippen molar-refractivity contribution in [2.45, 2.75) is 44.5 Å². The number of methoxy groups -OCH3 is 1. The van der Waals surface area contributed by atoms with E-state index in [1.165, 1.54) is 24.4 Å². The summed E-state index contributed by atoms with van der Waals surface area (Å²) in [6.07, 6.45) is 1.47. The van der Waals surface area contributed by atoms with E-state index in [0.29, 0.717) is 23.4 Å². The van der Waals surface area contributed by atoms with Gasteiger partial charge in [0.1, 0.15) is 5.75 Å². The van der Waals surface area contributed by atoms with Crippen LogP contribution in [-0.2, 0) is 16.1 Å². The highest BCUT2D eigenvalue weighted by molar-refractivity contribution is 7.99. The number of carbonyl (C=O) groups excluding carboxylic acids is 1. The van der Waals surface area contributed by atoms with Crippen molar-refractivity contribution >= 4 is 17.7 Å². The van der Waals surface area contributed by atoms with Gasteiger partial charge < -0.3 is 9.47 Å². The lowest BCUT2D eigenvalue weighted by Crippen LogP contribution is -2.13. The number of hydrogen-bond donors (Lipinski definition) is 0. The predicted molar refractivity (Wildman–Crippen MR) is 103 cm³/mol. The number of nitrogens with zero attached hydrogens (tertiary/aromatic N) is 3. The maximum atomic E-state index is 11.4. The fourth-order valence-corrected chi connectivity index (χ4v) is 3.17. The number of thioether (sulfide) groups is 1. The average molecular weight is 375 g/mol. The molecule has 0 fully saturated rings. The Kier molecular flexibility index (Phi) is 7.26. The molecule has 140 valence electrons. The molecule has 0 amide bonds. The highest BCUT2D eigenvalue weighted by Crippen LogP contribution is 2.26. The Morgan fingerprint density at radius 2 is 1.96 bits per heavy atom. The van der Waals surface area contributed by atoms with E-state index >= 15 is 0 Å². The molecule has 7 heteroatoms. The van der Waals surface area contributed by atoms with Crippen LogP contribution in [0, 0.1) is 0 Å². The van der Waals surface area contributed by atoms with E-state index in [2.05, 4.69) is 47.5 Å². The van der Waals surface area contributed by atoms with Crippen LogP contribution in [0.25, 0.3) is 0 Å². The van der Waals surface area contributed by atoms with Crippen LogP contribution in [0.2, 0.25) is 0 Å². The van der Waals surface area contributed by atoms with Crippen LogP contribution in [-0.4, -0.2) is 33.6 Å². The molecular weight excluding hydrogens is 350 g/mol. The minimum atomic E-state index is -0.306. The van der Waals surface area contributed by atoms with Crippen LogP contribution in [0.5, 0.6) is 5.75 Å². The first-order valence-electron chi connectivity index (χ1n) is 8.46. The second-order valence-corrected chi connectivity index (χ2v) is 7.03. The molecule has 0 aliphatic rings. The lowest BCUT2D eigenvalue weighted by Gasteiger charge is -2.16. The van der Waals surface area contributed by atoms with Gasteiger partial charge in [-0.15, -0.1) is 16.8 Å². The number of benzene rings is 1. The van der Waals surface area contributed by atoms with Crippen LogP contribution in [0.1, 0.15) is 44.2 Å². The molecule has 0 spiro atoms. The first kappa shape index (κ1) is 20.0. The lowest BCUT2D eigenvalue weighted by atomic mass is 10.0. The summed E-state index contributed by atoms with van der Waals surface area (Å²) in [6, 6.07) is 8.07. The zero-order chi connectivity index (χ0) is 19.1. The topological polar surface area (TPSA) is 66.2 Å². The summed E-state index contributed by atoms with van der Waals surface area (Å²) in [5.74, 6) is 1.81. The van der Waals surface area contributed by atoms with Gasteiger partial charge in [-0.25, -0.2) is 0 Å². The minimum Gasteiger partial charge on any atom is -0.483 e. The second-order valence-electron chi connectivity index (χ2n) is 6.09. The van der Waals surface area contributed by atoms with Crippen molar-refractivity contribution in [3.63, 3.8) is 0 Å². The third-order valence-corrected chi connectivity index (χ3v) is 4.77. The van der Waals surface area contributed by atoms with Crippen LogP contribution in [0.3, 0.4) is 0 Å². The molecule has 0 saturated heterocycles. The summed E-state index contributed by atoms with van der Waals surface area (Å²) in [5.41, 5.74) is 1.27. The summed E-state index contributed by atoms with van der Waals surface area (Å²) in [4.78, 5) is 11.4. The summed E-state index contributed by atoms with van der Waals surface area (Å²) in [5, 5.41) is 9.06. The highest BCUT2D eigenvalue weighted by atomic mass is 32.2. The van der Waals surface area contributed by atoms with E-state index in [1.807, 2.05) is 23.6 Å². The molecule has 2 aromatic rings. The molecule has 0 N–H and O–H groups in total. The number of allylic oxidation sites excluding steroid dienone is 1. The molecule has 0 radical (unpaired) electrons. The molecular formula is C19H25N3O3S. The normalized spacial score (nSPS) is 12.0. The van der Waals surface area contributed by atoms with Crippen molar-refractivity contribution in [2.24, 2.45) is 0 Å². The van der Waals surface area contributed by atoms with Crippen LogP contribution < -0.4 is 4.74 Å². The summed E-state index contributed by atoms with van der Waals surface area (Å²) >= 11 is 1.28. The Labute approximate surface area is 158 Å². The van der Waals surface area contributed by atoms with Gasteiger partial charge in [-0.3, -0.25) is 9.36 Å². The smallest absolute Gasteiger partial charge is 0.316 e. The number of esters is 1. The van der Waals surface area contributed by atoms with Gasteiger partial charge in [-0.2, -0.15) is 0 Å². The number of aromatic nitrogens is 3. The van der Waals surface area contributed by atoms with Crippen LogP contribution >= 0.6 is 11.8 Å². The zero-order valence-electron chi connectivity index (χ0n) is 15.6. The number of hydrogen-bond acceptors (Lipinski definition) is 6. The second kappa shape index (κ2) is 9.43. The van der Waals surface area contributed by atoms with Crippen LogP contribution in [0.4, 0.5) is 0 Å². The van der Waals surface area contributed by atoms with Gasteiger partial charge in [0.05, 0.1) is 12.9 Å². The number of carbonyl (C=O) groups is 1. The van der Waals surface area contributed by atoms with Crippen LogP contribution in [0.15, 0.2) is 42.1 Å². The van der Waals surface area contributed by atoms with Gasteiger partial charge >= 0.3 is 5.97 Å². The van der Waals surface area contributed by atoms with E-state index in [9.17, 15) is 4.79 Å². The Bertz CT molecular complexity index is 741. The third-order valence-electron chi connectivity index (χ3n) is 3.83. The Balaban J connectivity index is 2.14. The fourth-order valence-electron chi connectivity index (χ4n) is 2.38. The largest absolute Gasteiger partial charge is 0.483 e. The van der Waals surface area contributed by atoms with E-state index in [1.54, 1.807) is 6.08 Å². The number of ether oxygens (including phenoxy) is 2. The molecule has 1 aromatic carbocycles. The quantitative estimate of drug-likeness (QED) is 0.375. The van der Waals surface area contributed by atoms with Crippen molar-refractivity contribution in [3.05, 3.63) is 48.3 Å². The first-order valence-corrected chi connectivity index (χ1v) is 9.45. The molecule has 1 atom stereocenters. The van der Waals surface area contributed by atoms with Gasteiger partial charge in [0.2, 0.25) is 0 Å². The molecule has 0 aliphatic carbocycles. The van der Waals surface area contributed by atoms with E-state index in [0.717, 1.165) is 5.75 Å². The van der Waals surface area contributed by atoms with Gasteiger partial charge in [0, 0.05) is 6.54 Å². The van der Waals surface area contributed by atoms with Gasteiger partial charge in [-0.1, -0.05) is 43.8 Å². The predicted octanol–water partition coefficient (Wildman–Crippen LogP) is 3.99. The maximum absolute atomic E-state index is 11.4. The van der Waals surface area contributed by atoms with Gasteiger partial charge in [0.25, 0.3) is 0 Å². The fraction of sp³-hybridized carbons (Fsp3) is 0.421. The molecule has 1 unspecified atom stereocenters. The maximum Gasteiger partial charge on any atom is 0.316 e. The van der Waals surface area contributed by atoms with Crippen molar-refractivity contribution in [2.75, 3.05) is 12.9 Å². The minimum absolute atomic E-state index is 0.178. The molecule has 0 aliphatic heterocycles. The molecule has 1 heterocycles. The van der Waals surface area contributed by atoms with Crippen molar-refractivity contribution in [3.8, 4) is 5.75 Å². The Morgan fingerprint density at radius 3 is 2.54 bits per heavy atom. The SMILES string of the molecule is C=CCn1c(SCC(=O)OC)nnc1C(C)Oc1ccc(C(C)C)cc1. The van der Waals surface area contributed by atoms with E-state index in [-0.39, 0.29) is 17.8 Å². The molecule has 2 rings (SSSR count). The van der Waals surface area contributed by atoms with Crippen molar-refractivity contribution in [1.82, 2.24) is 14.8 Å². The number of rotatable bonds is 9. The first-order chi connectivity index (χ1) is 12.5. The highest BCUT2D eigenvalue weighted by Gasteiger charge is 2.20. The Morgan fingerprint density at radius 1 is 1.27 bits per heavy atom. The lowest BCUT2D eigenvalue weighted by molar-refractivity contribution is -0.137. The summed E-state index contributed by atoms with van der Waals surface area (Å²) in [6.45, 7) is 10.6. The molecule has 6 nitrogen and oxygen atoms in total. The average Bonchev–Trinajstić information content (AvgIpc) is 3.03.